The van der Waals surface area contributed by atoms with Crippen LogP contribution in [-0.4, -0.2) is 41.4 Å². The van der Waals surface area contributed by atoms with Crippen molar-refractivity contribution >= 4 is 22.6 Å². The average molecular weight is 459 g/mol. The SMILES string of the molecule is CC(C)n1nc(C(=O)OCC(=O)NCCc2ccc(OC(F)F)cc2)c2ccccc2c1=O. The lowest BCUT2D eigenvalue weighted by Crippen LogP contribution is -2.31. The number of nitrogens with one attached hydrogen (secondary N) is 1. The molecule has 10 heteroatoms. The van der Waals surface area contributed by atoms with E-state index in [9.17, 15) is 23.2 Å². The first-order valence-electron chi connectivity index (χ1n) is 10.3. The number of amides is 1. The number of alkyl halides is 2. The van der Waals surface area contributed by atoms with Gasteiger partial charge in [0.2, 0.25) is 0 Å². The molecule has 174 valence electrons. The topological polar surface area (TPSA) is 99.5 Å². The molecule has 0 radical (unpaired) electrons. The summed E-state index contributed by atoms with van der Waals surface area (Å²) in [5.41, 5.74) is 0.446. The maximum atomic E-state index is 12.6. The van der Waals surface area contributed by atoms with Gasteiger partial charge in [0.1, 0.15) is 5.75 Å². The Morgan fingerprint density at radius 3 is 2.36 bits per heavy atom. The van der Waals surface area contributed by atoms with Crippen molar-refractivity contribution in [3.05, 3.63) is 70.1 Å². The number of esters is 1. The first kappa shape index (κ1) is 23.8. The number of ether oxygens (including phenoxy) is 2. The van der Waals surface area contributed by atoms with Crippen molar-refractivity contribution in [2.75, 3.05) is 13.2 Å². The smallest absolute Gasteiger partial charge is 0.387 e. The zero-order valence-corrected chi connectivity index (χ0v) is 18.1. The molecule has 3 aromatic rings. The second-order valence-electron chi connectivity index (χ2n) is 7.44. The Bertz CT molecular complexity index is 1190. The number of hydrogen-bond acceptors (Lipinski definition) is 6. The van der Waals surface area contributed by atoms with E-state index in [2.05, 4.69) is 15.2 Å². The van der Waals surface area contributed by atoms with Gasteiger partial charge in [0.25, 0.3) is 11.5 Å². The standard InChI is InChI=1S/C23H23F2N3O5/c1-14(2)28-21(30)18-6-4-3-5-17(18)20(27-28)22(31)32-13-19(29)26-12-11-15-7-9-16(10-8-15)33-23(24)25/h3-10,14,23H,11-13H2,1-2H3,(H,26,29). The van der Waals surface area contributed by atoms with Crippen LogP contribution in [0, 0.1) is 0 Å². The molecule has 0 bridgehead atoms. The van der Waals surface area contributed by atoms with Crippen molar-refractivity contribution in [1.82, 2.24) is 15.1 Å². The third-order valence-electron chi connectivity index (χ3n) is 4.73. The highest BCUT2D eigenvalue weighted by Crippen LogP contribution is 2.16. The molecule has 0 saturated heterocycles. The number of halogens is 2. The van der Waals surface area contributed by atoms with Gasteiger partial charge < -0.3 is 14.8 Å². The minimum Gasteiger partial charge on any atom is -0.451 e. The summed E-state index contributed by atoms with van der Waals surface area (Å²) < 4.78 is 34.9. The van der Waals surface area contributed by atoms with Crippen molar-refractivity contribution in [3.63, 3.8) is 0 Å². The van der Waals surface area contributed by atoms with Crippen molar-refractivity contribution < 1.29 is 27.8 Å². The Morgan fingerprint density at radius 1 is 1.06 bits per heavy atom. The molecule has 0 saturated carbocycles. The lowest BCUT2D eigenvalue weighted by atomic mass is 10.1. The van der Waals surface area contributed by atoms with Crippen molar-refractivity contribution in [2.45, 2.75) is 32.9 Å². The van der Waals surface area contributed by atoms with Crippen LogP contribution in [0.15, 0.2) is 53.3 Å². The third kappa shape index (κ3) is 6.12. The summed E-state index contributed by atoms with van der Waals surface area (Å²) >= 11 is 0. The molecule has 0 atom stereocenters. The molecule has 0 spiro atoms. The second-order valence-corrected chi connectivity index (χ2v) is 7.44. The molecule has 0 unspecified atom stereocenters. The summed E-state index contributed by atoms with van der Waals surface area (Å²) in [5, 5.41) is 7.45. The highest BCUT2D eigenvalue weighted by Gasteiger charge is 2.19. The molecule has 0 fully saturated rings. The van der Waals surface area contributed by atoms with Crippen molar-refractivity contribution in [1.29, 1.82) is 0 Å². The maximum Gasteiger partial charge on any atom is 0.387 e. The van der Waals surface area contributed by atoms with E-state index in [4.69, 9.17) is 4.74 Å². The fraction of sp³-hybridized carbons (Fsp3) is 0.304. The van der Waals surface area contributed by atoms with Gasteiger partial charge >= 0.3 is 12.6 Å². The van der Waals surface area contributed by atoms with Crippen molar-refractivity contribution in [3.8, 4) is 5.75 Å². The first-order chi connectivity index (χ1) is 15.8. The Morgan fingerprint density at radius 2 is 1.73 bits per heavy atom. The monoisotopic (exact) mass is 459 g/mol. The van der Waals surface area contributed by atoms with Gasteiger partial charge in [-0.3, -0.25) is 9.59 Å². The molecule has 1 heterocycles. The van der Waals surface area contributed by atoms with Gasteiger partial charge in [-0.1, -0.05) is 30.3 Å². The average Bonchev–Trinajstić information content (AvgIpc) is 2.78. The minimum atomic E-state index is -2.89. The van der Waals surface area contributed by atoms with Crippen LogP contribution in [0.25, 0.3) is 10.8 Å². The van der Waals surface area contributed by atoms with Crippen LogP contribution in [0.5, 0.6) is 5.75 Å². The summed E-state index contributed by atoms with van der Waals surface area (Å²) in [6, 6.07) is 12.4. The summed E-state index contributed by atoms with van der Waals surface area (Å²) in [6.45, 7) is 0.387. The van der Waals surface area contributed by atoms with Crippen LogP contribution < -0.4 is 15.6 Å². The normalized spacial score (nSPS) is 11.1. The molecular formula is C23H23F2N3O5. The fourth-order valence-electron chi connectivity index (χ4n) is 3.14. The quantitative estimate of drug-likeness (QED) is 0.494. The van der Waals surface area contributed by atoms with Gasteiger partial charge in [-0.05, 0) is 44.0 Å². The molecule has 0 aliphatic heterocycles. The van der Waals surface area contributed by atoms with Crippen LogP contribution in [0.2, 0.25) is 0 Å². The second kappa shape index (κ2) is 10.7. The van der Waals surface area contributed by atoms with Crippen molar-refractivity contribution in [2.24, 2.45) is 0 Å². The lowest BCUT2D eigenvalue weighted by molar-refractivity contribution is -0.124. The van der Waals surface area contributed by atoms with E-state index in [0.717, 1.165) is 5.56 Å². The molecule has 0 aliphatic carbocycles. The summed E-state index contributed by atoms with van der Waals surface area (Å²) in [4.78, 5) is 37.2. The highest BCUT2D eigenvalue weighted by molar-refractivity contribution is 6.02. The highest BCUT2D eigenvalue weighted by atomic mass is 19.3. The van der Waals surface area contributed by atoms with Crippen LogP contribution in [0.4, 0.5) is 8.78 Å². The van der Waals surface area contributed by atoms with E-state index in [-0.39, 0.29) is 29.6 Å². The number of aromatic nitrogens is 2. The van der Waals surface area contributed by atoms with Crippen LogP contribution in [-0.2, 0) is 16.0 Å². The van der Waals surface area contributed by atoms with Crippen LogP contribution >= 0.6 is 0 Å². The summed E-state index contributed by atoms with van der Waals surface area (Å²) in [6.07, 6.45) is 0.445. The molecule has 3 rings (SSSR count). The van der Waals surface area contributed by atoms with Gasteiger partial charge in [-0.2, -0.15) is 13.9 Å². The molecule has 2 aromatic carbocycles. The van der Waals surface area contributed by atoms with E-state index >= 15 is 0 Å². The Kier molecular flexibility index (Phi) is 7.70. The Labute approximate surface area is 188 Å². The van der Waals surface area contributed by atoms with E-state index in [1.54, 1.807) is 50.2 Å². The predicted octanol–water partition coefficient (Wildman–Crippen LogP) is 3.09. The molecule has 1 amide bonds. The van der Waals surface area contributed by atoms with Gasteiger partial charge in [0.15, 0.2) is 12.3 Å². The van der Waals surface area contributed by atoms with E-state index in [1.807, 2.05) is 0 Å². The lowest BCUT2D eigenvalue weighted by Gasteiger charge is -2.13. The van der Waals surface area contributed by atoms with E-state index in [0.29, 0.717) is 17.2 Å². The molecular weight excluding hydrogens is 436 g/mol. The van der Waals surface area contributed by atoms with Gasteiger partial charge in [0.05, 0.1) is 11.4 Å². The molecule has 1 N–H and O–H groups in total. The number of benzene rings is 2. The third-order valence-corrected chi connectivity index (χ3v) is 4.73. The molecule has 8 nitrogen and oxygen atoms in total. The molecule has 33 heavy (non-hydrogen) atoms. The Balaban J connectivity index is 1.56. The van der Waals surface area contributed by atoms with Gasteiger partial charge in [0, 0.05) is 11.9 Å². The predicted molar refractivity (Wildman–Crippen MR) is 116 cm³/mol. The number of carbonyl (C=O) groups is 2. The zero-order chi connectivity index (χ0) is 24.0. The zero-order valence-electron chi connectivity index (χ0n) is 18.1. The number of fused-ring (bicyclic) bond motifs is 1. The molecule has 1 aromatic heterocycles. The minimum absolute atomic E-state index is 0.0437. The largest absolute Gasteiger partial charge is 0.451 e. The number of nitrogens with zero attached hydrogens (tertiary/aromatic N) is 2. The Hall–Kier alpha value is -3.82. The fourth-order valence-corrected chi connectivity index (χ4v) is 3.14. The summed E-state index contributed by atoms with van der Waals surface area (Å²) in [5.74, 6) is -1.28. The van der Waals surface area contributed by atoms with Gasteiger partial charge in [-0.15, -0.1) is 0 Å². The van der Waals surface area contributed by atoms with E-state index < -0.39 is 25.1 Å². The summed E-state index contributed by atoms with van der Waals surface area (Å²) in [7, 11) is 0. The molecule has 0 aliphatic rings. The maximum absolute atomic E-state index is 12.6. The number of carbonyl (C=O) groups excluding carboxylic acids is 2. The number of rotatable bonds is 9. The van der Waals surface area contributed by atoms with Crippen LogP contribution in [0.1, 0.15) is 35.9 Å². The number of hydrogen-bond donors (Lipinski definition) is 1. The van der Waals surface area contributed by atoms with Gasteiger partial charge in [-0.25, -0.2) is 9.48 Å². The van der Waals surface area contributed by atoms with E-state index in [1.165, 1.54) is 16.8 Å². The van der Waals surface area contributed by atoms with Crippen LogP contribution in [0.3, 0.4) is 0 Å². The first-order valence-corrected chi connectivity index (χ1v) is 10.3.